The average Bonchev–Trinajstić information content (AvgIpc) is 2.51. The van der Waals surface area contributed by atoms with Crippen molar-refractivity contribution in [2.75, 3.05) is 52.5 Å². The molecule has 0 aromatic heterocycles. The van der Waals surface area contributed by atoms with Crippen molar-refractivity contribution in [3.8, 4) is 0 Å². The van der Waals surface area contributed by atoms with E-state index >= 15 is 0 Å². The summed E-state index contributed by atoms with van der Waals surface area (Å²) in [6, 6.07) is 0. The number of rotatable bonds is 8. The molecule has 0 atom stereocenters. The molecule has 1 aliphatic heterocycles. The minimum Gasteiger partial charge on any atom is -0.379 e. The first-order valence-corrected chi connectivity index (χ1v) is 9.10. The van der Waals surface area contributed by atoms with Crippen molar-refractivity contribution in [3.05, 3.63) is 0 Å². The van der Waals surface area contributed by atoms with Crippen LogP contribution in [-0.2, 0) is 4.74 Å². The van der Waals surface area contributed by atoms with Gasteiger partial charge in [0.1, 0.15) is 0 Å². The zero-order valence-electron chi connectivity index (χ0n) is 14.9. The van der Waals surface area contributed by atoms with Crippen LogP contribution in [0.15, 0.2) is 4.99 Å². The number of ether oxygens (including phenoxy) is 1. The molecule has 2 rings (SSSR count). The maximum atomic E-state index is 5.38. The Morgan fingerprint density at radius 2 is 1.91 bits per heavy atom. The second kappa shape index (κ2) is 11.5. The predicted molar refractivity (Wildman–Crippen MR) is 108 cm³/mol. The fourth-order valence-corrected chi connectivity index (χ4v) is 3.22. The Hall–Kier alpha value is -0.0800. The second-order valence-electron chi connectivity index (χ2n) is 6.64. The van der Waals surface area contributed by atoms with Crippen LogP contribution in [0.5, 0.6) is 0 Å². The highest BCUT2D eigenvalue weighted by atomic mass is 127. The summed E-state index contributed by atoms with van der Waals surface area (Å²) >= 11 is 0. The average molecular weight is 438 g/mol. The number of morpholine rings is 1. The lowest BCUT2D eigenvalue weighted by molar-refractivity contribution is 0.0376. The lowest BCUT2D eigenvalue weighted by Gasteiger charge is -2.40. The molecule has 0 aromatic carbocycles. The minimum atomic E-state index is 0. The van der Waals surface area contributed by atoms with Crippen LogP contribution in [0, 0.1) is 5.41 Å². The molecule has 1 saturated carbocycles. The van der Waals surface area contributed by atoms with Crippen molar-refractivity contribution in [2.45, 2.75) is 46.0 Å². The highest BCUT2D eigenvalue weighted by Crippen LogP contribution is 2.43. The summed E-state index contributed by atoms with van der Waals surface area (Å²) in [7, 11) is 0. The number of aliphatic imine (C=N–C) groups is 1. The summed E-state index contributed by atoms with van der Waals surface area (Å²) < 4.78 is 5.38. The molecule has 0 aromatic rings. The van der Waals surface area contributed by atoms with Crippen molar-refractivity contribution < 1.29 is 4.74 Å². The lowest BCUT2D eigenvalue weighted by Crippen LogP contribution is -2.41. The standard InChI is InChI=1S/C17H34N4O.HI/c1-3-17(7-5-8-17)15-20-16(18-4-2)19-9-6-10-21-11-13-22-14-12-21;/h3-15H2,1-2H3,(H2,18,19,20);1H. The smallest absolute Gasteiger partial charge is 0.191 e. The van der Waals surface area contributed by atoms with E-state index in [4.69, 9.17) is 9.73 Å². The van der Waals surface area contributed by atoms with Crippen LogP contribution in [0.25, 0.3) is 0 Å². The molecule has 1 aliphatic carbocycles. The fourth-order valence-electron chi connectivity index (χ4n) is 3.22. The first kappa shape index (κ1) is 21.0. The Labute approximate surface area is 159 Å². The van der Waals surface area contributed by atoms with E-state index in [2.05, 4.69) is 29.4 Å². The zero-order chi connectivity index (χ0) is 15.7. The lowest BCUT2D eigenvalue weighted by atomic mass is 9.67. The van der Waals surface area contributed by atoms with Gasteiger partial charge in [0.2, 0.25) is 0 Å². The van der Waals surface area contributed by atoms with Gasteiger partial charge in [-0.2, -0.15) is 0 Å². The molecule has 2 aliphatic rings. The van der Waals surface area contributed by atoms with Gasteiger partial charge in [-0.25, -0.2) is 0 Å². The molecule has 2 fully saturated rings. The third-order valence-corrected chi connectivity index (χ3v) is 5.13. The Kier molecular flexibility index (Phi) is 10.5. The minimum absolute atomic E-state index is 0. The van der Waals surface area contributed by atoms with Gasteiger partial charge in [0.05, 0.1) is 13.2 Å². The van der Waals surface area contributed by atoms with Crippen LogP contribution in [0.1, 0.15) is 46.0 Å². The summed E-state index contributed by atoms with van der Waals surface area (Å²) in [5, 5.41) is 6.86. The number of nitrogens with zero attached hydrogens (tertiary/aromatic N) is 2. The molecule has 0 unspecified atom stereocenters. The quantitative estimate of drug-likeness (QED) is 0.265. The summed E-state index contributed by atoms with van der Waals surface area (Å²) in [6.45, 7) is 12.4. The molecule has 1 heterocycles. The molecule has 6 heteroatoms. The number of halogens is 1. The van der Waals surface area contributed by atoms with Crippen LogP contribution in [0.2, 0.25) is 0 Å². The van der Waals surface area contributed by atoms with E-state index < -0.39 is 0 Å². The molecule has 0 radical (unpaired) electrons. The van der Waals surface area contributed by atoms with Crippen LogP contribution < -0.4 is 10.6 Å². The molecule has 0 spiro atoms. The third kappa shape index (κ3) is 7.13. The van der Waals surface area contributed by atoms with E-state index in [1.165, 1.54) is 25.7 Å². The number of nitrogens with one attached hydrogen (secondary N) is 2. The highest BCUT2D eigenvalue weighted by Gasteiger charge is 2.34. The third-order valence-electron chi connectivity index (χ3n) is 5.13. The van der Waals surface area contributed by atoms with Gasteiger partial charge < -0.3 is 15.4 Å². The van der Waals surface area contributed by atoms with E-state index in [9.17, 15) is 0 Å². The van der Waals surface area contributed by atoms with Gasteiger partial charge in [-0.1, -0.05) is 13.3 Å². The van der Waals surface area contributed by atoms with Gasteiger partial charge in [0.15, 0.2) is 5.96 Å². The van der Waals surface area contributed by atoms with Crippen molar-refractivity contribution in [3.63, 3.8) is 0 Å². The Bertz CT molecular complexity index is 336. The fraction of sp³-hybridized carbons (Fsp3) is 0.941. The summed E-state index contributed by atoms with van der Waals surface area (Å²) in [4.78, 5) is 7.31. The van der Waals surface area contributed by atoms with E-state index in [0.717, 1.165) is 64.9 Å². The van der Waals surface area contributed by atoms with Gasteiger partial charge >= 0.3 is 0 Å². The summed E-state index contributed by atoms with van der Waals surface area (Å²) in [6.07, 6.45) is 6.50. The van der Waals surface area contributed by atoms with Gasteiger partial charge in [0.25, 0.3) is 0 Å². The van der Waals surface area contributed by atoms with Gasteiger partial charge in [-0.3, -0.25) is 9.89 Å². The van der Waals surface area contributed by atoms with Crippen molar-refractivity contribution in [1.29, 1.82) is 0 Å². The van der Waals surface area contributed by atoms with E-state index in [1.807, 2.05) is 0 Å². The monoisotopic (exact) mass is 438 g/mol. The Morgan fingerprint density at radius 3 is 2.48 bits per heavy atom. The zero-order valence-corrected chi connectivity index (χ0v) is 17.2. The van der Waals surface area contributed by atoms with Crippen LogP contribution in [0.3, 0.4) is 0 Å². The highest BCUT2D eigenvalue weighted by molar-refractivity contribution is 14.0. The molecular formula is C17H35IN4O. The number of hydrogen-bond acceptors (Lipinski definition) is 3. The van der Waals surface area contributed by atoms with Crippen LogP contribution in [0.4, 0.5) is 0 Å². The molecule has 0 bridgehead atoms. The maximum Gasteiger partial charge on any atom is 0.191 e. The first-order valence-electron chi connectivity index (χ1n) is 9.10. The Morgan fingerprint density at radius 1 is 1.17 bits per heavy atom. The number of guanidine groups is 1. The largest absolute Gasteiger partial charge is 0.379 e. The summed E-state index contributed by atoms with van der Waals surface area (Å²) in [5.74, 6) is 0.990. The maximum absolute atomic E-state index is 5.38. The SMILES string of the molecule is CCNC(=NCC1(CC)CCC1)NCCCN1CCOCC1.I. The molecule has 23 heavy (non-hydrogen) atoms. The van der Waals surface area contributed by atoms with Gasteiger partial charge in [-0.05, 0) is 44.6 Å². The molecule has 2 N–H and O–H groups in total. The molecule has 5 nitrogen and oxygen atoms in total. The van der Waals surface area contributed by atoms with Gasteiger partial charge in [-0.15, -0.1) is 24.0 Å². The molecular weight excluding hydrogens is 403 g/mol. The van der Waals surface area contributed by atoms with Gasteiger partial charge in [0, 0.05) is 32.7 Å². The normalized spacial score (nSPS) is 21.2. The van der Waals surface area contributed by atoms with Crippen molar-refractivity contribution in [2.24, 2.45) is 10.4 Å². The van der Waals surface area contributed by atoms with E-state index in [-0.39, 0.29) is 24.0 Å². The van der Waals surface area contributed by atoms with E-state index in [0.29, 0.717) is 5.41 Å². The number of hydrogen-bond donors (Lipinski definition) is 2. The van der Waals surface area contributed by atoms with E-state index in [1.54, 1.807) is 0 Å². The van der Waals surface area contributed by atoms with Crippen LogP contribution >= 0.6 is 24.0 Å². The topological polar surface area (TPSA) is 48.9 Å². The second-order valence-corrected chi connectivity index (χ2v) is 6.64. The van der Waals surface area contributed by atoms with Crippen molar-refractivity contribution in [1.82, 2.24) is 15.5 Å². The molecule has 136 valence electrons. The molecule has 0 amide bonds. The first-order chi connectivity index (χ1) is 10.8. The van der Waals surface area contributed by atoms with Crippen LogP contribution in [-0.4, -0.2) is 63.3 Å². The Balaban J connectivity index is 0.00000264. The summed E-state index contributed by atoms with van der Waals surface area (Å²) in [5.41, 5.74) is 0.496. The predicted octanol–water partition coefficient (Wildman–Crippen LogP) is 2.46. The molecule has 1 saturated heterocycles. The van der Waals surface area contributed by atoms with Crippen molar-refractivity contribution >= 4 is 29.9 Å².